The molecule has 1 atom stereocenters. The number of carbonyl (C=O) groups is 2. The standard InChI is InChI=1S/C31H36N2O5Si/c1-7-36-29(34)31(19-26(31)39(4,5)6)24-15-13-22(14-16-24)21-9-11-23(12-10-21)28-27(20(3)32-38-28)33(25-17-18-25)30(35)37-8-2/h9-16,19,25H,7-8,17-18H2,1-6H3. The number of hydrogen-bond donors (Lipinski definition) is 0. The smallest absolute Gasteiger partial charge is 0.414 e. The highest BCUT2D eigenvalue weighted by Crippen LogP contribution is 2.52. The van der Waals surface area contributed by atoms with Gasteiger partial charge in [-0.2, -0.15) is 0 Å². The first-order valence-electron chi connectivity index (χ1n) is 13.7. The van der Waals surface area contributed by atoms with Crippen LogP contribution in [0.4, 0.5) is 10.5 Å². The number of anilines is 1. The van der Waals surface area contributed by atoms with Crippen LogP contribution in [0.3, 0.4) is 0 Å². The van der Waals surface area contributed by atoms with Gasteiger partial charge in [0.05, 0.1) is 21.3 Å². The van der Waals surface area contributed by atoms with E-state index in [0.717, 1.165) is 35.1 Å². The predicted octanol–water partition coefficient (Wildman–Crippen LogP) is 7.06. The second kappa shape index (κ2) is 10.1. The molecule has 1 unspecified atom stereocenters. The van der Waals surface area contributed by atoms with Gasteiger partial charge in [-0.15, -0.1) is 0 Å². The first-order chi connectivity index (χ1) is 18.6. The Morgan fingerprint density at radius 1 is 0.949 bits per heavy atom. The van der Waals surface area contributed by atoms with Gasteiger partial charge in [0.25, 0.3) is 0 Å². The predicted molar refractivity (Wildman–Crippen MR) is 154 cm³/mol. The highest BCUT2D eigenvalue weighted by molar-refractivity contribution is 6.85. The van der Waals surface area contributed by atoms with E-state index in [1.54, 1.807) is 11.8 Å². The number of benzene rings is 2. The van der Waals surface area contributed by atoms with E-state index < -0.39 is 13.5 Å². The quantitative estimate of drug-likeness (QED) is 0.212. The van der Waals surface area contributed by atoms with Crippen molar-refractivity contribution < 1.29 is 23.6 Å². The number of esters is 1. The molecule has 2 aliphatic carbocycles. The molecule has 2 aliphatic rings. The third-order valence-corrected chi connectivity index (χ3v) is 9.53. The summed E-state index contributed by atoms with van der Waals surface area (Å²) in [5, 5.41) is 5.40. The van der Waals surface area contributed by atoms with Crippen molar-refractivity contribution in [3.63, 3.8) is 0 Å². The second-order valence-corrected chi connectivity index (χ2v) is 16.3. The highest BCUT2D eigenvalue weighted by atomic mass is 28.3. The Morgan fingerprint density at radius 3 is 2.03 bits per heavy atom. The lowest BCUT2D eigenvalue weighted by atomic mass is 9.91. The minimum Gasteiger partial charge on any atom is -0.465 e. The lowest BCUT2D eigenvalue weighted by Crippen LogP contribution is -2.34. The van der Waals surface area contributed by atoms with Crippen LogP contribution in [0, 0.1) is 6.92 Å². The zero-order valence-corrected chi connectivity index (χ0v) is 24.5. The molecule has 1 fully saturated rings. The van der Waals surface area contributed by atoms with E-state index in [1.807, 2.05) is 50.2 Å². The molecule has 39 heavy (non-hydrogen) atoms. The summed E-state index contributed by atoms with van der Waals surface area (Å²) >= 11 is 0. The minimum atomic E-state index is -1.66. The van der Waals surface area contributed by atoms with Crippen molar-refractivity contribution >= 4 is 25.8 Å². The summed E-state index contributed by atoms with van der Waals surface area (Å²) < 4.78 is 16.5. The highest BCUT2D eigenvalue weighted by Gasteiger charge is 2.57. The van der Waals surface area contributed by atoms with E-state index in [4.69, 9.17) is 14.0 Å². The van der Waals surface area contributed by atoms with Gasteiger partial charge in [0.2, 0.25) is 0 Å². The Morgan fingerprint density at radius 2 is 1.51 bits per heavy atom. The zero-order chi connectivity index (χ0) is 27.9. The first-order valence-corrected chi connectivity index (χ1v) is 17.2. The maximum Gasteiger partial charge on any atom is 0.414 e. The fraction of sp³-hybridized carbons (Fsp3) is 0.387. The van der Waals surface area contributed by atoms with E-state index in [0.29, 0.717) is 30.4 Å². The fourth-order valence-electron chi connectivity index (χ4n) is 5.29. The molecule has 0 saturated heterocycles. The number of aromatic nitrogens is 1. The summed E-state index contributed by atoms with van der Waals surface area (Å²) in [6.45, 7) is 12.9. The minimum absolute atomic E-state index is 0.110. The van der Waals surface area contributed by atoms with E-state index in [9.17, 15) is 9.59 Å². The first kappa shape index (κ1) is 26.9. The fourth-order valence-corrected chi connectivity index (χ4v) is 7.36. The molecule has 0 N–H and O–H groups in total. The molecule has 0 bridgehead atoms. The van der Waals surface area contributed by atoms with Gasteiger partial charge in [-0.3, -0.25) is 9.69 Å². The lowest BCUT2D eigenvalue weighted by Gasteiger charge is -2.23. The van der Waals surface area contributed by atoms with Crippen LogP contribution in [0.1, 0.15) is 37.9 Å². The van der Waals surface area contributed by atoms with Crippen molar-refractivity contribution in [2.75, 3.05) is 18.1 Å². The van der Waals surface area contributed by atoms with E-state index in [2.05, 4.69) is 43.0 Å². The Kier molecular flexibility index (Phi) is 7.01. The van der Waals surface area contributed by atoms with Gasteiger partial charge in [-0.25, -0.2) is 4.79 Å². The van der Waals surface area contributed by atoms with Crippen molar-refractivity contribution in [2.45, 2.75) is 64.7 Å². The van der Waals surface area contributed by atoms with Gasteiger partial charge in [-0.1, -0.05) is 84.6 Å². The largest absolute Gasteiger partial charge is 0.465 e. The molecule has 0 spiro atoms. The van der Waals surface area contributed by atoms with Gasteiger partial charge < -0.3 is 14.0 Å². The molecule has 1 saturated carbocycles. The van der Waals surface area contributed by atoms with Gasteiger partial charge in [0, 0.05) is 11.6 Å². The number of aryl methyl sites for hydroxylation is 1. The summed E-state index contributed by atoms with van der Waals surface area (Å²) in [6.07, 6.45) is 3.60. The average Bonchev–Trinajstić information content (AvgIpc) is 3.83. The van der Waals surface area contributed by atoms with Crippen LogP contribution in [0.15, 0.2) is 64.3 Å². The SMILES string of the molecule is CCOC(=O)N(c1c(C)noc1-c1ccc(-c2ccc(C3(C(=O)OCC)C=C3[Si](C)(C)C)cc2)cc1)C1CC1. The molecule has 1 aromatic heterocycles. The topological polar surface area (TPSA) is 81.9 Å². The molecule has 2 aromatic carbocycles. The van der Waals surface area contributed by atoms with Gasteiger partial charge in [0.15, 0.2) is 5.76 Å². The van der Waals surface area contributed by atoms with Crippen LogP contribution >= 0.6 is 0 Å². The maximum atomic E-state index is 13.0. The number of ether oxygens (including phenoxy) is 2. The van der Waals surface area contributed by atoms with Gasteiger partial charge in [0.1, 0.15) is 16.8 Å². The van der Waals surface area contributed by atoms with Crippen LogP contribution in [-0.4, -0.2) is 44.5 Å². The van der Waals surface area contributed by atoms with Crippen LogP contribution < -0.4 is 4.90 Å². The summed E-state index contributed by atoms with van der Waals surface area (Å²) in [5.41, 5.74) is 4.49. The molecule has 0 aliphatic heterocycles. The Balaban J connectivity index is 1.40. The number of carbonyl (C=O) groups excluding carboxylic acids is 2. The number of nitrogens with zero attached hydrogens (tertiary/aromatic N) is 2. The molecular formula is C31H36N2O5Si. The van der Waals surface area contributed by atoms with Crippen LogP contribution in [0.25, 0.3) is 22.5 Å². The van der Waals surface area contributed by atoms with Gasteiger partial charge in [-0.05, 0) is 50.3 Å². The molecule has 0 radical (unpaired) electrons. The molecule has 8 heteroatoms. The molecule has 1 heterocycles. The third kappa shape index (κ3) is 4.93. The monoisotopic (exact) mass is 544 g/mol. The van der Waals surface area contributed by atoms with Gasteiger partial charge >= 0.3 is 12.1 Å². The van der Waals surface area contributed by atoms with Crippen LogP contribution in [-0.2, 0) is 19.7 Å². The van der Waals surface area contributed by atoms with E-state index >= 15 is 0 Å². The summed E-state index contributed by atoms with van der Waals surface area (Å²) in [7, 11) is -1.66. The van der Waals surface area contributed by atoms with Crippen LogP contribution in [0.5, 0.6) is 0 Å². The summed E-state index contributed by atoms with van der Waals surface area (Å²) in [4.78, 5) is 27.5. The Bertz CT molecular complexity index is 1410. The number of rotatable bonds is 9. The van der Waals surface area contributed by atoms with E-state index in [-0.39, 0.29) is 18.1 Å². The number of amides is 1. The molecule has 7 nitrogen and oxygen atoms in total. The molecule has 204 valence electrons. The van der Waals surface area contributed by atoms with E-state index in [1.165, 1.54) is 5.20 Å². The normalized spacial score (nSPS) is 18.4. The summed E-state index contributed by atoms with van der Waals surface area (Å²) in [5.74, 6) is 0.380. The van der Waals surface area contributed by atoms with Crippen molar-refractivity contribution in [3.05, 3.63) is 71.1 Å². The number of hydrogen-bond acceptors (Lipinski definition) is 6. The van der Waals surface area contributed by atoms with Crippen LogP contribution in [0.2, 0.25) is 19.6 Å². The van der Waals surface area contributed by atoms with Crippen molar-refractivity contribution in [3.8, 4) is 22.5 Å². The van der Waals surface area contributed by atoms with Crippen molar-refractivity contribution in [1.82, 2.24) is 5.16 Å². The van der Waals surface area contributed by atoms with Crippen molar-refractivity contribution in [1.29, 1.82) is 0 Å². The zero-order valence-electron chi connectivity index (χ0n) is 23.5. The molecule has 3 aromatic rings. The lowest BCUT2D eigenvalue weighted by molar-refractivity contribution is -0.145. The summed E-state index contributed by atoms with van der Waals surface area (Å²) in [6, 6.07) is 16.3. The molecule has 5 rings (SSSR count). The molecule has 1 amide bonds. The Hall–Kier alpha value is -3.65. The van der Waals surface area contributed by atoms with Crippen molar-refractivity contribution in [2.24, 2.45) is 0 Å². The molecular weight excluding hydrogens is 508 g/mol. The Labute approximate surface area is 230 Å². The average molecular weight is 545 g/mol. The maximum absolute atomic E-state index is 13.0. The second-order valence-electron chi connectivity index (χ2n) is 11.2. The third-order valence-electron chi connectivity index (χ3n) is 7.38.